The molecular weight excluding hydrogens is 718 g/mol. The van der Waals surface area contributed by atoms with E-state index in [2.05, 4.69) is 16.0 Å². The number of nitrogens with one attached hydrogen (secondary N) is 3. The summed E-state index contributed by atoms with van der Waals surface area (Å²) < 4.78 is 0. The van der Waals surface area contributed by atoms with Gasteiger partial charge in [-0.3, -0.25) is 24.0 Å². The number of thioether (sulfide) groups is 1. The fourth-order valence-electron chi connectivity index (χ4n) is 6.04. The van der Waals surface area contributed by atoms with Crippen LogP contribution in [0.3, 0.4) is 0 Å². The van der Waals surface area contributed by atoms with Crippen LogP contribution in [0.25, 0.3) is 6.08 Å². The Balaban J connectivity index is 1.14. The van der Waals surface area contributed by atoms with Crippen molar-refractivity contribution in [2.24, 2.45) is 0 Å². The Morgan fingerprint density at radius 2 is 1.28 bits per heavy atom. The van der Waals surface area contributed by atoms with Crippen molar-refractivity contribution < 1.29 is 24.0 Å². The van der Waals surface area contributed by atoms with Gasteiger partial charge >= 0.3 is 0 Å². The van der Waals surface area contributed by atoms with Crippen LogP contribution in [0.15, 0.2) is 162 Å². The Hall–Kier alpha value is -6.55. The second-order valence-electron chi connectivity index (χ2n) is 12.2. The number of halogens is 1. The summed E-state index contributed by atoms with van der Waals surface area (Å²) in [5.41, 5.74) is 3.33. The van der Waals surface area contributed by atoms with Gasteiger partial charge in [-0.2, -0.15) is 0 Å². The van der Waals surface area contributed by atoms with Gasteiger partial charge in [-0.05, 0) is 65.7 Å². The number of hydrogen-bond donors (Lipinski definition) is 3. The van der Waals surface area contributed by atoms with Gasteiger partial charge in [0, 0.05) is 37.9 Å². The number of amides is 3. The zero-order valence-corrected chi connectivity index (χ0v) is 30.0. The molecule has 0 bridgehead atoms. The van der Waals surface area contributed by atoms with Crippen LogP contribution in [-0.2, 0) is 9.59 Å². The maximum absolute atomic E-state index is 14.2. The minimum atomic E-state index is -0.793. The molecule has 0 aromatic heterocycles. The number of anilines is 2. The van der Waals surface area contributed by atoms with E-state index in [0.717, 1.165) is 0 Å². The van der Waals surface area contributed by atoms with Gasteiger partial charge < -0.3 is 16.0 Å². The van der Waals surface area contributed by atoms with Crippen LogP contribution in [-0.4, -0.2) is 29.3 Å². The fraction of sp³-hybridized carbons (Fsp3) is 0.0227. The molecule has 3 N–H and O–H groups in total. The molecule has 264 valence electrons. The van der Waals surface area contributed by atoms with E-state index in [4.69, 9.17) is 11.6 Å². The van der Waals surface area contributed by atoms with E-state index >= 15 is 0 Å². The summed E-state index contributed by atoms with van der Waals surface area (Å²) in [7, 11) is 0. The van der Waals surface area contributed by atoms with Crippen LogP contribution in [0.4, 0.5) is 11.4 Å². The van der Waals surface area contributed by atoms with Crippen molar-refractivity contribution in [1.82, 2.24) is 5.32 Å². The van der Waals surface area contributed by atoms with Crippen molar-refractivity contribution in [3.8, 4) is 0 Å². The second kappa shape index (κ2) is 16.0. The lowest BCUT2D eigenvalue weighted by Gasteiger charge is -2.22. The molecule has 0 saturated heterocycles. The summed E-state index contributed by atoms with van der Waals surface area (Å²) in [6.07, 6.45) is 1.54. The molecule has 1 aliphatic carbocycles. The zero-order valence-electron chi connectivity index (χ0n) is 28.4. The predicted molar refractivity (Wildman–Crippen MR) is 212 cm³/mol. The van der Waals surface area contributed by atoms with Crippen molar-refractivity contribution >= 4 is 70.1 Å². The molecule has 0 radical (unpaired) electrons. The number of hydrogen-bond acceptors (Lipinski definition) is 6. The topological polar surface area (TPSA) is 121 Å². The lowest BCUT2D eigenvalue weighted by atomic mass is 9.83. The Bertz CT molecular complexity index is 2470. The average molecular weight is 748 g/mol. The number of carbonyl (C=O) groups is 5. The molecule has 1 aliphatic rings. The first kappa shape index (κ1) is 35.8. The highest BCUT2D eigenvalue weighted by Crippen LogP contribution is 2.39. The lowest BCUT2D eigenvalue weighted by Crippen LogP contribution is -2.30. The largest absolute Gasteiger partial charge is 0.324 e. The van der Waals surface area contributed by atoms with Crippen LogP contribution in [0, 0.1) is 0 Å². The first-order valence-corrected chi connectivity index (χ1v) is 18.1. The third-order valence-corrected chi connectivity index (χ3v) is 10.1. The van der Waals surface area contributed by atoms with E-state index < -0.39 is 23.0 Å². The summed E-state index contributed by atoms with van der Waals surface area (Å²) in [4.78, 5) is 68.6. The normalized spacial score (nSPS) is 12.6. The van der Waals surface area contributed by atoms with Gasteiger partial charge in [0.15, 0.2) is 11.6 Å². The molecule has 0 aliphatic heterocycles. The van der Waals surface area contributed by atoms with Crippen LogP contribution >= 0.6 is 23.4 Å². The van der Waals surface area contributed by atoms with Crippen molar-refractivity contribution in [2.45, 2.75) is 10.1 Å². The molecular formula is C44H30ClN3O5S. The summed E-state index contributed by atoms with van der Waals surface area (Å²) in [6, 6.07) is 43.1. The number of carbonyl (C=O) groups excluding carboxylic acids is 5. The minimum absolute atomic E-state index is 0.00689. The van der Waals surface area contributed by atoms with Gasteiger partial charge in [0.1, 0.15) is 10.9 Å². The van der Waals surface area contributed by atoms with Gasteiger partial charge in [-0.15, -0.1) is 11.8 Å². The Kier molecular flexibility index (Phi) is 10.6. The molecule has 54 heavy (non-hydrogen) atoms. The zero-order chi connectivity index (χ0) is 37.6. The molecule has 6 aromatic rings. The summed E-state index contributed by atoms with van der Waals surface area (Å²) in [6.45, 7) is 0. The van der Waals surface area contributed by atoms with Gasteiger partial charge in [0.2, 0.25) is 5.91 Å². The molecule has 0 saturated carbocycles. The van der Waals surface area contributed by atoms with E-state index in [1.54, 1.807) is 115 Å². The van der Waals surface area contributed by atoms with Gasteiger partial charge in [0.25, 0.3) is 11.8 Å². The number of ketones is 2. The van der Waals surface area contributed by atoms with E-state index in [9.17, 15) is 24.0 Å². The highest BCUT2D eigenvalue weighted by molar-refractivity contribution is 8.00. The number of rotatable bonds is 10. The Morgan fingerprint density at radius 1 is 0.630 bits per heavy atom. The van der Waals surface area contributed by atoms with Crippen molar-refractivity contribution in [3.05, 3.63) is 201 Å². The Morgan fingerprint density at radius 3 is 2.02 bits per heavy atom. The number of fused-ring (bicyclic) bond motifs is 2. The van der Waals surface area contributed by atoms with Crippen molar-refractivity contribution in [2.75, 3.05) is 10.6 Å². The van der Waals surface area contributed by atoms with E-state index in [-0.39, 0.29) is 39.6 Å². The van der Waals surface area contributed by atoms with Gasteiger partial charge in [-0.25, -0.2) is 0 Å². The molecule has 0 spiro atoms. The minimum Gasteiger partial charge on any atom is -0.324 e. The molecule has 10 heteroatoms. The molecule has 7 rings (SSSR count). The molecule has 3 amide bonds. The first-order valence-electron chi connectivity index (χ1n) is 16.8. The van der Waals surface area contributed by atoms with E-state index in [0.29, 0.717) is 37.9 Å². The average Bonchev–Trinajstić information content (AvgIpc) is 3.19. The van der Waals surface area contributed by atoms with Gasteiger partial charge in [-0.1, -0.05) is 115 Å². The fourth-order valence-corrected chi connectivity index (χ4v) is 7.32. The first-order chi connectivity index (χ1) is 26.2. The summed E-state index contributed by atoms with van der Waals surface area (Å²) in [5.74, 6) is -2.08. The quantitative estimate of drug-likeness (QED) is 0.0949. The van der Waals surface area contributed by atoms with Crippen LogP contribution in [0.5, 0.6) is 0 Å². The highest BCUT2D eigenvalue weighted by atomic mass is 35.5. The van der Waals surface area contributed by atoms with Gasteiger partial charge in [0.05, 0.1) is 11.3 Å². The van der Waals surface area contributed by atoms with Crippen LogP contribution < -0.4 is 16.0 Å². The molecule has 8 nitrogen and oxygen atoms in total. The Labute approximate surface area is 320 Å². The van der Waals surface area contributed by atoms with E-state index in [1.807, 2.05) is 36.4 Å². The summed E-state index contributed by atoms with van der Waals surface area (Å²) in [5, 5.41) is 8.20. The van der Waals surface area contributed by atoms with Crippen molar-refractivity contribution in [3.63, 3.8) is 0 Å². The smallest absolute Gasteiger partial charge is 0.272 e. The van der Waals surface area contributed by atoms with Crippen LogP contribution in [0.2, 0.25) is 5.02 Å². The lowest BCUT2D eigenvalue weighted by molar-refractivity contribution is -0.116. The molecule has 1 unspecified atom stereocenters. The predicted octanol–water partition coefficient (Wildman–Crippen LogP) is 9.00. The molecule has 1 atom stereocenters. The standard InChI is InChI=1S/C44H30ClN3O5S/c45-30-17-9-12-27(24-30)25-37(48-42(51)29-15-5-2-6-16-29)43(52)46-31-18-10-19-32(26-31)54-41(28-13-3-1-4-14-28)44(53)47-36-23-11-22-35-38(36)40(50)34-21-8-7-20-33(34)39(35)49/h1-26,41H,(H,46,52)(H,47,53)(H,48,51)/b37-25+. The van der Waals surface area contributed by atoms with Crippen molar-refractivity contribution in [1.29, 1.82) is 0 Å². The monoisotopic (exact) mass is 747 g/mol. The van der Waals surface area contributed by atoms with E-state index in [1.165, 1.54) is 17.8 Å². The maximum atomic E-state index is 14.2. The molecule has 0 heterocycles. The molecule has 0 fully saturated rings. The SMILES string of the molecule is O=C(Nc1cccc(SC(C(=O)Nc2cccc3c2C(=O)c2ccccc2C3=O)c2ccccc2)c1)/C(=C\c1cccc(Cl)c1)NC(=O)c1ccccc1. The third-order valence-electron chi connectivity index (χ3n) is 8.59. The second-order valence-corrected chi connectivity index (χ2v) is 13.9. The number of benzene rings is 6. The third kappa shape index (κ3) is 7.92. The summed E-state index contributed by atoms with van der Waals surface area (Å²) >= 11 is 7.44. The maximum Gasteiger partial charge on any atom is 0.272 e. The van der Waals surface area contributed by atoms with Crippen LogP contribution in [0.1, 0.15) is 58.6 Å². The molecule has 6 aromatic carbocycles. The highest BCUT2D eigenvalue weighted by Gasteiger charge is 2.33.